The van der Waals surface area contributed by atoms with E-state index in [0.29, 0.717) is 0 Å². The Morgan fingerprint density at radius 3 is 1.95 bits per heavy atom. The number of fused-ring (bicyclic) bond motifs is 1. The summed E-state index contributed by atoms with van der Waals surface area (Å²) in [6.45, 7) is 0. The van der Waals surface area contributed by atoms with Gasteiger partial charge in [-0.3, -0.25) is 9.78 Å². The van der Waals surface area contributed by atoms with Gasteiger partial charge in [0.1, 0.15) is 0 Å². The lowest BCUT2D eigenvalue weighted by Crippen LogP contribution is -2.24. The fourth-order valence-corrected chi connectivity index (χ4v) is 1.66. The number of aromatic amines is 2. The van der Waals surface area contributed by atoms with Crippen molar-refractivity contribution in [3.05, 3.63) is 44.1 Å². The van der Waals surface area contributed by atoms with E-state index in [2.05, 4.69) is 0 Å². The zero-order valence-corrected chi connectivity index (χ0v) is 9.24. The molecule has 0 fully saturated rings. The van der Waals surface area contributed by atoms with E-state index < -0.39 is 45.6 Å². The lowest BCUT2D eigenvalue weighted by atomic mass is 10.1. The SMILES string of the molecule is O=c1[nH]c(=O)c2cc(C(F)(F)F)cc(C(F)(F)F)c2[nH]1. The molecule has 1 heterocycles. The van der Waals surface area contributed by atoms with Gasteiger partial charge in [0.15, 0.2) is 0 Å². The van der Waals surface area contributed by atoms with Crippen LogP contribution in [0.2, 0.25) is 0 Å². The van der Waals surface area contributed by atoms with Gasteiger partial charge >= 0.3 is 18.0 Å². The number of rotatable bonds is 0. The van der Waals surface area contributed by atoms with E-state index >= 15 is 0 Å². The summed E-state index contributed by atoms with van der Waals surface area (Å²) in [5.41, 5.74) is -6.92. The highest BCUT2D eigenvalue weighted by Gasteiger charge is 2.38. The first-order valence-electron chi connectivity index (χ1n) is 4.95. The predicted octanol–water partition coefficient (Wildman–Crippen LogP) is 2.25. The number of halogens is 6. The Labute approximate surface area is 105 Å². The molecule has 0 saturated heterocycles. The molecule has 2 rings (SSSR count). The second-order valence-electron chi connectivity index (χ2n) is 3.85. The standard InChI is InChI=1S/C10H4F6N2O2/c11-9(12,13)3-1-4-6(5(2-3)10(14,15)16)17-8(20)18-7(4)19/h1-2H,(H2,17,18,19,20). The number of nitrogens with one attached hydrogen (secondary N) is 2. The smallest absolute Gasteiger partial charge is 0.306 e. The molecule has 0 radical (unpaired) electrons. The summed E-state index contributed by atoms with van der Waals surface area (Å²) in [6, 6.07) is 0.0943. The Morgan fingerprint density at radius 1 is 0.850 bits per heavy atom. The van der Waals surface area contributed by atoms with Gasteiger partial charge in [-0.05, 0) is 12.1 Å². The normalized spacial score (nSPS) is 12.9. The Bertz CT molecular complexity index is 783. The highest BCUT2D eigenvalue weighted by atomic mass is 19.4. The molecular weight excluding hydrogens is 294 g/mol. The molecule has 0 amide bonds. The van der Waals surface area contributed by atoms with Gasteiger partial charge in [-0.25, -0.2) is 4.79 Å². The number of H-pyrrole nitrogens is 2. The molecule has 108 valence electrons. The number of alkyl halides is 6. The van der Waals surface area contributed by atoms with Gasteiger partial charge in [0.2, 0.25) is 0 Å². The van der Waals surface area contributed by atoms with Crippen molar-refractivity contribution in [1.29, 1.82) is 0 Å². The van der Waals surface area contributed by atoms with Crippen molar-refractivity contribution in [2.75, 3.05) is 0 Å². The molecule has 0 aliphatic heterocycles. The average molecular weight is 298 g/mol. The van der Waals surface area contributed by atoms with Crippen molar-refractivity contribution >= 4 is 10.9 Å². The van der Waals surface area contributed by atoms with Crippen LogP contribution in [-0.2, 0) is 12.4 Å². The van der Waals surface area contributed by atoms with Crippen molar-refractivity contribution in [2.24, 2.45) is 0 Å². The maximum atomic E-state index is 12.7. The fourth-order valence-electron chi connectivity index (χ4n) is 1.66. The van der Waals surface area contributed by atoms with Gasteiger partial charge in [0.05, 0.1) is 22.0 Å². The minimum Gasteiger partial charge on any atom is -0.306 e. The molecule has 1 aromatic heterocycles. The van der Waals surface area contributed by atoms with Crippen molar-refractivity contribution in [2.45, 2.75) is 12.4 Å². The Kier molecular flexibility index (Phi) is 2.91. The Morgan fingerprint density at radius 2 is 1.45 bits per heavy atom. The van der Waals surface area contributed by atoms with Crippen LogP contribution in [0.1, 0.15) is 11.1 Å². The zero-order chi connectivity index (χ0) is 15.3. The fraction of sp³-hybridized carbons (Fsp3) is 0.200. The van der Waals surface area contributed by atoms with Crippen LogP contribution in [0.4, 0.5) is 26.3 Å². The molecule has 10 heteroatoms. The number of hydrogen-bond donors (Lipinski definition) is 2. The number of hydrogen-bond acceptors (Lipinski definition) is 2. The highest BCUT2D eigenvalue weighted by molar-refractivity contribution is 5.82. The summed E-state index contributed by atoms with van der Waals surface area (Å²) in [7, 11) is 0. The van der Waals surface area contributed by atoms with E-state index in [1.165, 1.54) is 0 Å². The van der Waals surface area contributed by atoms with Crippen LogP contribution in [0.3, 0.4) is 0 Å². The van der Waals surface area contributed by atoms with Crippen LogP contribution in [0, 0.1) is 0 Å². The first kappa shape index (κ1) is 14.2. The Hall–Kier alpha value is -2.26. The molecule has 20 heavy (non-hydrogen) atoms. The van der Waals surface area contributed by atoms with Crippen LogP contribution in [0.15, 0.2) is 21.7 Å². The third kappa shape index (κ3) is 2.40. The second-order valence-corrected chi connectivity index (χ2v) is 3.85. The van der Waals surface area contributed by atoms with E-state index in [0.717, 1.165) is 0 Å². The van der Waals surface area contributed by atoms with Crippen LogP contribution in [0.25, 0.3) is 10.9 Å². The first-order valence-corrected chi connectivity index (χ1v) is 4.95. The van der Waals surface area contributed by atoms with Gasteiger partial charge in [-0.1, -0.05) is 0 Å². The van der Waals surface area contributed by atoms with Crippen molar-refractivity contribution in [1.82, 2.24) is 9.97 Å². The van der Waals surface area contributed by atoms with Crippen LogP contribution in [-0.4, -0.2) is 9.97 Å². The molecule has 0 unspecified atom stereocenters. The van der Waals surface area contributed by atoms with Gasteiger partial charge < -0.3 is 4.98 Å². The van der Waals surface area contributed by atoms with E-state index in [4.69, 9.17) is 0 Å². The second kappa shape index (κ2) is 4.12. The molecule has 0 atom stereocenters. The third-order valence-electron chi connectivity index (χ3n) is 2.48. The largest absolute Gasteiger partial charge is 0.418 e. The van der Waals surface area contributed by atoms with Gasteiger partial charge in [-0.2, -0.15) is 26.3 Å². The predicted molar refractivity (Wildman–Crippen MR) is 55.2 cm³/mol. The topological polar surface area (TPSA) is 65.7 Å². The van der Waals surface area contributed by atoms with Crippen LogP contribution in [0.5, 0.6) is 0 Å². The lowest BCUT2D eigenvalue weighted by Gasteiger charge is -2.13. The number of benzene rings is 1. The lowest BCUT2D eigenvalue weighted by molar-refractivity contribution is -0.142. The third-order valence-corrected chi connectivity index (χ3v) is 2.48. The van der Waals surface area contributed by atoms with E-state index in [1.54, 1.807) is 9.97 Å². The summed E-state index contributed by atoms with van der Waals surface area (Å²) in [5.74, 6) is 0. The molecule has 1 aromatic carbocycles. The maximum Gasteiger partial charge on any atom is 0.418 e. The van der Waals surface area contributed by atoms with Crippen LogP contribution < -0.4 is 11.2 Å². The molecule has 0 spiro atoms. The Balaban J connectivity index is 3.01. The highest BCUT2D eigenvalue weighted by Crippen LogP contribution is 2.38. The quantitative estimate of drug-likeness (QED) is 0.733. The van der Waals surface area contributed by atoms with E-state index in [1.807, 2.05) is 0 Å². The summed E-state index contributed by atoms with van der Waals surface area (Å²) < 4.78 is 75.9. The minimum atomic E-state index is -5.16. The first-order chi connectivity index (χ1) is 9.00. The maximum absolute atomic E-state index is 12.7. The van der Waals surface area contributed by atoms with Crippen molar-refractivity contribution < 1.29 is 26.3 Å². The summed E-state index contributed by atoms with van der Waals surface area (Å²) in [6.07, 6.45) is -10.2. The zero-order valence-electron chi connectivity index (χ0n) is 9.24. The van der Waals surface area contributed by atoms with Gasteiger partial charge in [0.25, 0.3) is 5.56 Å². The molecule has 4 nitrogen and oxygen atoms in total. The van der Waals surface area contributed by atoms with Gasteiger partial charge in [-0.15, -0.1) is 0 Å². The molecule has 0 aliphatic carbocycles. The van der Waals surface area contributed by atoms with Crippen LogP contribution >= 0.6 is 0 Å². The summed E-state index contributed by atoms with van der Waals surface area (Å²) in [4.78, 5) is 25.6. The molecule has 0 bridgehead atoms. The van der Waals surface area contributed by atoms with E-state index in [-0.39, 0.29) is 12.1 Å². The average Bonchev–Trinajstić information content (AvgIpc) is 2.24. The van der Waals surface area contributed by atoms with Crippen molar-refractivity contribution in [3.8, 4) is 0 Å². The van der Waals surface area contributed by atoms with Crippen molar-refractivity contribution in [3.63, 3.8) is 0 Å². The molecule has 2 aromatic rings. The molecule has 0 aliphatic rings. The molecule has 2 N–H and O–H groups in total. The van der Waals surface area contributed by atoms with E-state index in [9.17, 15) is 35.9 Å². The molecule has 0 saturated carbocycles. The monoisotopic (exact) mass is 298 g/mol. The summed E-state index contributed by atoms with van der Waals surface area (Å²) in [5, 5.41) is -0.897. The number of aromatic nitrogens is 2. The minimum absolute atomic E-state index is 0.155. The van der Waals surface area contributed by atoms with Gasteiger partial charge in [0, 0.05) is 0 Å². The molecular formula is C10H4F6N2O2. The summed E-state index contributed by atoms with van der Waals surface area (Å²) >= 11 is 0.